The summed E-state index contributed by atoms with van der Waals surface area (Å²) in [6.07, 6.45) is 3.13. The maximum absolute atomic E-state index is 13.7. The minimum absolute atomic E-state index is 0.00316. The van der Waals surface area contributed by atoms with Crippen LogP contribution >= 0.6 is 11.3 Å². The van der Waals surface area contributed by atoms with Crippen molar-refractivity contribution in [3.8, 4) is 11.5 Å². The average molecular weight is 533 g/mol. The Morgan fingerprint density at radius 1 is 1.05 bits per heavy atom. The number of carbonyl (C=O) groups excluding carboxylic acids is 3. The van der Waals surface area contributed by atoms with Crippen molar-refractivity contribution in [1.82, 2.24) is 4.57 Å². The fourth-order valence-electron chi connectivity index (χ4n) is 3.98. The standard InChI is InChI=1S/C28H24N2O7S/c1-5-13-35-27(34)24-16(2)29-28-30(25(24)20-9-11-21(12-10-20)36-17(3)31)26(33)23(38-28)15-19-7-6-8-22(14-19)37-18(4)32/h5-12,14-15,25H,1,13H2,2-4H3/b23-15-/t25-/m1/s1. The Balaban J connectivity index is 1.86. The maximum Gasteiger partial charge on any atom is 0.338 e. The number of aromatic nitrogens is 1. The lowest BCUT2D eigenvalue weighted by atomic mass is 9.96. The van der Waals surface area contributed by atoms with Crippen LogP contribution < -0.4 is 24.4 Å². The molecule has 1 aliphatic heterocycles. The fourth-order valence-corrected chi connectivity index (χ4v) is 5.03. The minimum Gasteiger partial charge on any atom is -0.458 e. The lowest BCUT2D eigenvalue weighted by Crippen LogP contribution is -2.39. The number of benzene rings is 2. The summed E-state index contributed by atoms with van der Waals surface area (Å²) in [5.74, 6) is -0.852. The van der Waals surface area contributed by atoms with Crippen LogP contribution in [0.5, 0.6) is 11.5 Å². The zero-order chi connectivity index (χ0) is 27.4. The second kappa shape index (κ2) is 11.2. The first-order valence-electron chi connectivity index (χ1n) is 11.6. The lowest BCUT2D eigenvalue weighted by molar-refractivity contribution is -0.138. The van der Waals surface area contributed by atoms with E-state index in [4.69, 9.17) is 14.2 Å². The van der Waals surface area contributed by atoms with Gasteiger partial charge in [0.1, 0.15) is 18.1 Å². The number of ether oxygens (including phenoxy) is 3. The topological polar surface area (TPSA) is 113 Å². The van der Waals surface area contributed by atoms with E-state index in [1.54, 1.807) is 61.5 Å². The van der Waals surface area contributed by atoms with Crippen molar-refractivity contribution in [2.75, 3.05) is 6.61 Å². The van der Waals surface area contributed by atoms with Crippen LogP contribution in [0.4, 0.5) is 0 Å². The molecule has 0 N–H and O–H groups in total. The Morgan fingerprint density at radius 3 is 2.39 bits per heavy atom. The van der Waals surface area contributed by atoms with Gasteiger partial charge in [-0.15, -0.1) is 0 Å². The summed E-state index contributed by atoms with van der Waals surface area (Å²) in [6.45, 7) is 7.87. The van der Waals surface area contributed by atoms with Crippen LogP contribution in [-0.4, -0.2) is 29.1 Å². The Hall–Kier alpha value is -4.57. The zero-order valence-electron chi connectivity index (χ0n) is 20.9. The summed E-state index contributed by atoms with van der Waals surface area (Å²) in [6, 6.07) is 12.5. The highest BCUT2D eigenvalue weighted by molar-refractivity contribution is 7.07. The second-order valence-corrected chi connectivity index (χ2v) is 9.31. The van der Waals surface area contributed by atoms with Gasteiger partial charge in [0.2, 0.25) is 0 Å². The molecule has 1 atom stereocenters. The molecule has 10 heteroatoms. The van der Waals surface area contributed by atoms with Crippen molar-refractivity contribution in [2.24, 2.45) is 4.99 Å². The molecular formula is C28H24N2O7S. The summed E-state index contributed by atoms with van der Waals surface area (Å²) in [5, 5.41) is 0. The predicted molar refractivity (Wildman–Crippen MR) is 140 cm³/mol. The number of hydrogen-bond acceptors (Lipinski definition) is 9. The molecular weight excluding hydrogens is 508 g/mol. The highest BCUT2D eigenvalue weighted by Crippen LogP contribution is 2.31. The second-order valence-electron chi connectivity index (χ2n) is 8.30. The molecule has 4 rings (SSSR count). The molecule has 38 heavy (non-hydrogen) atoms. The predicted octanol–water partition coefficient (Wildman–Crippen LogP) is 2.82. The summed E-state index contributed by atoms with van der Waals surface area (Å²) in [4.78, 5) is 54.4. The summed E-state index contributed by atoms with van der Waals surface area (Å²) >= 11 is 1.17. The van der Waals surface area contributed by atoms with E-state index in [0.717, 1.165) is 0 Å². The normalized spacial score (nSPS) is 14.8. The number of carbonyl (C=O) groups is 3. The molecule has 0 spiro atoms. The van der Waals surface area contributed by atoms with Gasteiger partial charge in [-0.05, 0) is 48.4 Å². The van der Waals surface area contributed by atoms with Crippen molar-refractivity contribution in [1.29, 1.82) is 0 Å². The SMILES string of the molecule is C=CCOC(=O)C1=C(C)N=c2s/c(=C\c3cccc(OC(C)=O)c3)c(=O)n2[C@@H]1c1ccc(OC(C)=O)cc1. The van der Waals surface area contributed by atoms with Gasteiger partial charge in [-0.1, -0.05) is 48.3 Å². The van der Waals surface area contributed by atoms with Gasteiger partial charge in [-0.25, -0.2) is 9.79 Å². The monoisotopic (exact) mass is 532 g/mol. The largest absolute Gasteiger partial charge is 0.458 e. The van der Waals surface area contributed by atoms with Crippen LogP contribution in [0.2, 0.25) is 0 Å². The first kappa shape index (κ1) is 26.5. The molecule has 0 radical (unpaired) electrons. The van der Waals surface area contributed by atoms with Gasteiger partial charge < -0.3 is 14.2 Å². The van der Waals surface area contributed by atoms with Crippen molar-refractivity contribution in [2.45, 2.75) is 26.8 Å². The van der Waals surface area contributed by atoms with Gasteiger partial charge in [0.25, 0.3) is 5.56 Å². The number of thiazole rings is 1. The van der Waals surface area contributed by atoms with Crippen molar-refractivity contribution in [3.63, 3.8) is 0 Å². The van der Waals surface area contributed by atoms with E-state index in [1.807, 2.05) is 0 Å². The Morgan fingerprint density at radius 2 is 1.74 bits per heavy atom. The summed E-state index contributed by atoms with van der Waals surface area (Å²) in [5.41, 5.74) is 1.52. The molecule has 2 heterocycles. The molecule has 0 amide bonds. The molecule has 9 nitrogen and oxygen atoms in total. The lowest BCUT2D eigenvalue weighted by Gasteiger charge is -2.24. The van der Waals surface area contributed by atoms with E-state index in [1.165, 1.54) is 35.8 Å². The van der Waals surface area contributed by atoms with Crippen LogP contribution in [0.1, 0.15) is 37.9 Å². The smallest absolute Gasteiger partial charge is 0.338 e. The van der Waals surface area contributed by atoms with Gasteiger partial charge in [0.15, 0.2) is 4.80 Å². The van der Waals surface area contributed by atoms with Crippen LogP contribution in [0.3, 0.4) is 0 Å². The third-order valence-corrected chi connectivity index (χ3v) is 6.43. The highest BCUT2D eigenvalue weighted by Gasteiger charge is 2.33. The quantitative estimate of drug-likeness (QED) is 0.261. The van der Waals surface area contributed by atoms with Crippen molar-refractivity contribution in [3.05, 3.63) is 103 Å². The Bertz CT molecular complexity index is 1650. The van der Waals surface area contributed by atoms with Crippen molar-refractivity contribution >= 4 is 35.3 Å². The van der Waals surface area contributed by atoms with E-state index in [-0.39, 0.29) is 17.7 Å². The molecule has 0 saturated carbocycles. The zero-order valence-corrected chi connectivity index (χ0v) is 21.7. The van der Waals surface area contributed by atoms with Crippen LogP contribution in [0.25, 0.3) is 6.08 Å². The van der Waals surface area contributed by atoms with E-state index >= 15 is 0 Å². The number of rotatable bonds is 7. The molecule has 1 aromatic heterocycles. The number of nitrogens with zero attached hydrogens (tertiary/aromatic N) is 2. The van der Waals surface area contributed by atoms with E-state index in [2.05, 4.69) is 11.6 Å². The van der Waals surface area contributed by atoms with Crippen LogP contribution in [0.15, 0.2) is 82.2 Å². The first-order chi connectivity index (χ1) is 18.2. The first-order valence-corrected chi connectivity index (χ1v) is 12.4. The Kier molecular flexibility index (Phi) is 7.82. The molecule has 194 valence electrons. The molecule has 1 aliphatic rings. The third kappa shape index (κ3) is 5.70. The third-order valence-electron chi connectivity index (χ3n) is 5.45. The van der Waals surface area contributed by atoms with Gasteiger partial charge in [-0.3, -0.25) is 19.0 Å². The van der Waals surface area contributed by atoms with E-state index in [0.29, 0.717) is 37.7 Å². The molecule has 0 unspecified atom stereocenters. The van der Waals surface area contributed by atoms with Gasteiger partial charge in [0, 0.05) is 13.8 Å². The highest BCUT2D eigenvalue weighted by atomic mass is 32.1. The maximum atomic E-state index is 13.7. The van der Waals surface area contributed by atoms with Crippen molar-refractivity contribution < 1.29 is 28.6 Å². The molecule has 0 saturated heterocycles. The van der Waals surface area contributed by atoms with Gasteiger partial charge in [0.05, 0.1) is 21.8 Å². The average Bonchev–Trinajstić information content (AvgIpc) is 3.16. The molecule has 0 aliphatic carbocycles. The molecule has 2 aromatic carbocycles. The van der Waals surface area contributed by atoms with Gasteiger partial charge >= 0.3 is 17.9 Å². The minimum atomic E-state index is -0.829. The van der Waals surface area contributed by atoms with Crippen LogP contribution in [0, 0.1) is 0 Å². The van der Waals surface area contributed by atoms with Gasteiger partial charge in [-0.2, -0.15) is 0 Å². The molecule has 0 bridgehead atoms. The Labute approximate surface area is 221 Å². The summed E-state index contributed by atoms with van der Waals surface area (Å²) in [7, 11) is 0. The summed E-state index contributed by atoms with van der Waals surface area (Å²) < 4.78 is 17.4. The van der Waals surface area contributed by atoms with Crippen LogP contribution in [-0.2, 0) is 19.1 Å². The van der Waals surface area contributed by atoms with E-state index < -0.39 is 23.9 Å². The number of fused-ring (bicyclic) bond motifs is 1. The molecule has 0 fully saturated rings. The molecule has 3 aromatic rings. The fraction of sp³-hybridized carbons (Fsp3) is 0.179. The number of allylic oxidation sites excluding steroid dienone is 1. The van der Waals surface area contributed by atoms with E-state index in [9.17, 15) is 19.2 Å². The number of esters is 3. The number of hydrogen-bond donors (Lipinski definition) is 0.